The third-order valence-electron chi connectivity index (χ3n) is 2.83. The fourth-order valence-corrected chi connectivity index (χ4v) is 1.64. The molecule has 1 atom stereocenters. The molecular weight excluding hydrogens is 214 g/mol. The van der Waals surface area contributed by atoms with Gasteiger partial charge < -0.3 is 15.0 Å². The second-order valence-electron chi connectivity index (χ2n) is 4.20. The van der Waals surface area contributed by atoms with Gasteiger partial charge in [-0.25, -0.2) is 0 Å². The van der Waals surface area contributed by atoms with Crippen LogP contribution in [0.3, 0.4) is 0 Å². The van der Waals surface area contributed by atoms with Crippen LogP contribution in [0.1, 0.15) is 19.5 Å². The summed E-state index contributed by atoms with van der Waals surface area (Å²) in [6.07, 6.45) is 1.86. The van der Waals surface area contributed by atoms with E-state index in [0.29, 0.717) is 6.04 Å². The number of methoxy groups -OCH3 is 1. The molecule has 4 nitrogen and oxygen atoms in total. The molecular formula is C13H23N3O. The molecule has 17 heavy (non-hydrogen) atoms. The lowest BCUT2D eigenvalue weighted by molar-refractivity contribution is 0.183. The zero-order chi connectivity index (χ0) is 12.7. The smallest absolute Gasteiger partial charge is 0.0663 e. The van der Waals surface area contributed by atoms with E-state index in [1.165, 1.54) is 5.69 Å². The first-order valence-electron chi connectivity index (χ1n) is 6.06. The number of nitrogens with one attached hydrogen (secondary N) is 1. The lowest BCUT2D eigenvalue weighted by atomic mass is 10.2. The minimum Gasteiger partial charge on any atom is -0.383 e. The van der Waals surface area contributed by atoms with E-state index in [2.05, 4.69) is 42.2 Å². The molecule has 0 aliphatic heterocycles. The van der Waals surface area contributed by atoms with E-state index in [1.54, 1.807) is 7.11 Å². The number of hydrogen-bond acceptors (Lipinski definition) is 4. The summed E-state index contributed by atoms with van der Waals surface area (Å²) in [6, 6.07) is 4.51. The molecule has 1 N–H and O–H groups in total. The standard InChI is InChI=1S/C13H23N3O/c1-5-14-9-12-8-13(6-7-15-12)16(3)11(2)10-17-4/h6-8,11,14H,5,9-10H2,1-4H3. The summed E-state index contributed by atoms with van der Waals surface area (Å²) in [6.45, 7) is 6.74. The summed E-state index contributed by atoms with van der Waals surface area (Å²) in [5.41, 5.74) is 2.25. The Kier molecular flexibility index (Phi) is 5.94. The average molecular weight is 237 g/mol. The third kappa shape index (κ3) is 4.32. The first-order valence-corrected chi connectivity index (χ1v) is 6.06. The van der Waals surface area contributed by atoms with Crippen LogP contribution in [0, 0.1) is 0 Å². The molecule has 0 bridgehead atoms. The Labute approximate surface area is 104 Å². The molecule has 1 unspecified atom stereocenters. The minimum atomic E-state index is 0.356. The van der Waals surface area contributed by atoms with Crippen LogP contribution in [0.4, 0.5) is 5.69 Å². The summed E-state index contributed by atoms with van der Waals surface area (Å²) < 4.78 is 5.17. The molecule has 96 valence electrons. The van der Waals surface area contributed by atoms with Crippen molar-refractivity contribution < 1.29 is 4.74 Å². The van der Waals surface area contributed by atoms with Gasteiger partial charge in [0.05, 0.1) is 12.3 Å². The van der Waals surface area contributed by atoms with Gasteiger partial charge in [0.15, 0.2) is 0 Å². The Bertz CT molecular complexity index is 330. The van der Waals surface area contributed by atoms with Crippen LogP contribution in [0.5, 0.6) is 0 Å². The Morgan fingerprint density at radius 2 is 2.29 bits per heavy atom. The lowest BCUT2D eigenvalue weighted by Crippen LogP contribution is -2.32. The van der Waals surface area contributed by atoms with Gasteiger partial charge in [-0.2, -0.15) is 0 Å². The lowest BCUT2D eigenvalue weighted by Gasteiger charge is -2.26. The van der Waals surface area contributed by atoms with E-state index in [0.717, 1.165) is 25.4 Å². The van der Waals surface area contributed by atoms with Crippen molar-refractivity contribution in [2.75, 3.05) is 32.2 Å². The van der Waals surface area contributed by atoms with Gasteiger partial charge in [0, 0.05) is 38.6 Å². The minimum absolute atomic E-state index is 0.356. The van der Waals surface area contributed by atoms with Crippen molar-refractivity contribution in [2.24, 2.45) is 0 Å². The number of likely N-dealkylation sites (N-methyl/N-ethyl adjacent to an activating group) is 1. The van der Waals surface area contributed by atoms with Gasteiger partial charge in [-0.05, 0) is 25.6 Å². The van der Waals surface area contributed by atoms with Crippen molar-refractivity contribution in [1.29, 1.82) is 0 Å². The Morgan fingerprint density at radius 3 is 2.94 bits per heavy atom. The highest BCUT2D eigenvalue weighted by Crippen LogP contribution is 2.15. The molecule has 0 aliphatic rings. The number of anilines is 1. The SMILES string of the molecule is CCNCc1cc(N(C)C(C)COC)ccn1. The van der Waals surface area contributed by atoms with E-state index in [-0.39, 0.29) is 0 Å². The highest BCUT2D eigenvalue weighted by molar-refractivity contribution is 5.46. The van der Waals surface area contributed by atoms with Crippen molar-refractivity contribution in [3.8, 4) is 0 Å². The van der Waals surface area contributed by atoms with Crippen molar-refractivity contribution in [1.82, 2.24) is 10.3 Å². The van der Waals surface area contributed by atoms with Crippen LogP contribution in [-0.2, 0) is 11.3 Å². The molecule has 0 radical (unpaired) electrons. The fourth-order valence-electron chi connectivity index (χ4n) is 1.64. The molecule has 4 heteroatoms. The zero-order valence-electron chi connectivity index (χ0n) is 11.2. The van der Waals surface area contributed by atoms with Gasteiger partial charge in [-0.3, -0.25) is 4.98 Å². The Balaban J connectivity index is 2.69. The molecule has 1 aromatic heterocycles. The topological polar surface area (TPSA) is 37.4 Å². The second kappa shape index (κ2) is 7.25. The molecule has 0 spiro atoms. The van der Waals surface area contributed by atoms with Crippen molar-refractivity contribution in [2.45, 2.75) is 26.4 Å². The van der Waals surface area contributed by atoms with E-state index in [9.17, 15) is 0 Å². The first-order chi connectivity index (χ1) is 8.19. The van der Waals surface area contributed by atoms with Crippen molar-refractivity contribution >= 4 is 5.69 Å². The number of hydrogen-bond donors (Lipinski definition) is 1. The summed E-state index contributed by atoms with van der Waals surface area (Å²) in [7, 11) is 3.81. The van der Waals surface area contributed by atoms with Crippen molar-refractivity contribution in [3.63, 3.8) is 0 Å². The predicted octanol–water partition coefficient (Wildman–Crippen LogP) is 1.66. The quantitative estimate of drug-likeness (QED) is 0.782. The molecule has 1 aromatic rings. The van der Waals surface area contributed by atoms with Gasteiger partial charge in [-0.1, -0.05) is 6.92 Å². The van der Waals surface area contributed by atoms with Crippen molar-refractivity contribution in [3.05, 3.63) is 24.0 Å². The predicted molar refractivity (Wildman–Crippen MR) is 71.4 cm³/mol. The van der Waals surface area contributed by atoms with Crippen LogP contribution >= 0.6 is 0 Å². The maximum Gasteiger partial charge on any atom is 0.0663 e. The highest BCUT2D eigenvalue weighted by atomic mass is 16.5. The molecule has 1 rings (SSSR count). The Morgan fingerprint density at radius 1 is 1.53 bits per heavy atom. The van der Waals surface area contributed by atoms with Gasteiger partial charge >= 0.3 is 0 Å². The van der Waals surface area contributed by atoms with E-state index >= 15 is 0 Å². The van der Waals surface area contributed by atoms with Gasteiger partial charge in [0.2, 0.25) is 0 Å². The van der Waals surface area contributed by atoms with Crippen LogP contribution in [-0.4, -0.2) is 38.3 Å². The molecule has 0 fully saturated rings. The summed E-state index contributed by atoms with van der Waals surface area (Å²) in [5, 5.41) is 3.28. The van der Waals surface area contributed by atoms with E-state index in [1.807, 2.05) is 12.3 Å². The van der Waals surface area contributed by atoms with Crippen LogP contribution in [0.15, 0.2) is 18.3 Å². The van der Waals surface area contributed by atoms with Crippen LogP contribution in [0.2, 0.25) is 0 Å². The van der Waals surface area contributed by atoms with Gasteiger partial charge in [-0.15, -0.1) is 0 Å². The molecule has 0 aromatic carbocycles. The number of nitrogens with zero attached hydrogens (tertiary/aromatic N) is 2. The number of rotatable bonds is 7. The molecule has 0 saturated heterocycles. The van der Waals surface area contributed by atoms with Gasteiger partial charge in [0.25, 0.3) is 0 Å². The third-order valence-corrected chi connectivity index (χ3v) is 2.83. The summed E-state index contributed by atoms with van der Waals surface area (Å²) >= 11 is 0. The summed E-state index contributed by atoms with van der Waals surface area (Å²) in [5.74, 6) is 0. The number of aromatic nitrogens is 1. The maximum atomic E-state index is 5.17. The fraction of sp³-hybridized carbons (Fsp3) is 0.615. The molecule has 0 amide bonds. The second-order valence-corrected chi connectivity index (χ2v) is 4.20. The zero-order valence-corrected chi connectivity index (χ0v) is 11.2. The van der Waals surface area contributed by atoms with E-state index in [4.69, 9.17) is 4.74 Å². The highest BCUT2D eigenvalue weighted by Gasteiger charge is 2.10. The average Bonchev–Trinajstić information content (AvgIpc) is 2.36. The molecule has 0 saturated carbocycles. The maximum absolute atomic E-state index is 5.17. The normalized spacial score (nSPS) is 12.5. The van der Waals surface area contributed by atoms with Crippen LogP contribution < -0.4 is 10.2 Å². The first kappa shape index (κ1) is 13.9. The number of pyridine rings is 1. The summed E-state index contributed by atoms with van der Waals surface area (Å²) in [4.78, 5) is 6.55. The van der Waals surface area contributed by atoms with Crippen LogP contribution in [0.25, 0.3) is 0 Å². The van der Waals surface area contributed by atoms with Gasteiger partial charge in [0.1, 0.15) is 0 Å². The van der Waals surface area contributed by atoms with E-state index < -0.39 is 0 Å². The largest absolute Gasteiger partial charge is 0.383 e. The molecule has 1 heterocycles. The Hall–Kier alpha value is -1.13. The molecule has 0 aliphatic carbocycles. The number of ether oxygens (including phenoxy) is 1. The monoisotopic (exact) mass is 237 g/mol.